The topological polar surface area (TPSA) is 74.6 Å². The normalized spacial score (nSPS) is 9.48. The van der Waals surface area contributed by atoms with Gasteiger partial charge in [0.1, 0.15) is 5.82 Å². The molecule has 5 heteroatoms. The number of hydrogen-bond donors (Lipinski definition) is 2. The van der Waals surface area contributed by atoms with Gasteiger partial charge in [0, 0.05) is 0 Å². The van der Waals surface area contributed by atoms with Gasteiger partial charge in [0.2, 0.25) is 0 Å². The highest BCUT2D eigenvalue weighted by Crippen LogP contribution is 2.11. The van der Waals surface area contributed by atoms with E-state index in [1.54, 1.807) is 26.0 Å². The van der Waals surface area contributed by atoms with Gasteiger partial charge >= 0.3 is 11.9 Å². The molecule has 2 aromatic rings. The Balaban J connectivity index is 0.000000235. The molecule has 0 unspecified atom stereocenters. The molecule has 0 bridgehead atoms. The first-order valence-electron chi connectivity index (χ1n) is 6.11. The fraction of sp³-hybridized carbons (Fsp3) is 0.125. The van der Waals surface area contributed by atoms with Gasteiger partial charge < -0.3 is 10.2 Å². The summed E-state index contributed by atoms with van der Waals surface area (Å²) >= 11 is 0. The molecular weight excluding hydrogens is 275 g/mol. The van der Waals surface area contributed by atoms with Crippen LogP contribution in [0.25, 0.3) is 0 Å². The van der Waals surface area contributed by atoms with E-state index in [4.69, 9.17) is 10.2 Å². The van der Waals surface area contributed by atoms with E-state index in [1.165, 1.54) is 18.2 Å². The molecule has 0 fully saturated rings. The molecule has 0 heterocycles. The predicted molar refractivity (Wildman–Crippen MR) is 76.2 cm³/mol. The highest BCUT2D eigenvalue weighted by Gasteiger charge is 2.10. The van der Waals surface area contributed by atoms with E-state index < -0.39 is 11.9 Å². The maximum Gasteiger partial charge on any atom is 0.335 e. The maximum atomic E-state index is 12.3. The summed E-state index contributed by atoms with van der Waals surface area (Å²) in [5.41, 5.74) is 1.27. The Bertz CT molecular complexity index is 644. The summed E-state index contributed by atoms with van der Waals surface area (Å²) in [6, 6.07) is 10.7. The predicted octanol–water partition coefficient (Wildman–Crippen LogP) is 3.53. The SMILES string of the molecule is Cc1ccc(C(=O)O)cc1C(=O)O.Cc1ccccc1F. The van der Waals surface area contributed by atoms with Crippen molar-refractivity contribution in [2.24, 2.45) is 0 Å². The molecule has 21 heavy (non-hydrogen) atoms. The second-order valence-electron chi connectivity index (χ2n) is 4.39. The number of aromatic carboxylic acids is 2. The van der Waals surface area contributed by atoms with Crippen LogP contribution in [0.5, 0.6) is 0 Å². The Morgan fingerprint density at radius 1 is 0.905 bits per heavy atom. The van der Waals surface area contributed by atoms with Gasteiger partial charge in [-0.05, 0) is 43.2 Å². The quantitative estimate of drug-likeness (QED) is 0.887. The van der Waals surface area contributed by atoms with Gasteiger partial charge in [-0.1, -0.05) is 24.3 Å². The molecule has 0 aliphatic heterocycles. The molecule has 2 rings (SSSR count). The van der Waals surface area contributed by atoms with Crippen molar-refractivity contribution in [3.63, 3.8) is 0 Å². The lowest BCUT2D eigenvalue weighted by atomic mass is 10.1. The van der Waals surface area contributed by atoms with Gasteiger partial charge in [0.15, 0.2) is 0 Å². The second-order valence-corrected chi connectivity index (χ2v) is 4.39. The minimum absolute atomic E-state index is 0.0111. The average molecular weight is 290 g/mol. The van der Waals surface area contributed by atoms with Crippen LogP contribution in [0.3, 0.4) is 0 Å². The summed E-state index contributed by atoms with van der Waals surface area (Å²) in [6.07, 6.45) is 0. The standard InChI is InChI=1S/C9H8O4.C7H7F/c1-5-2-3-6(8(10)11)4-7(5)9(12)13;1-6-4-2-3-5-7(6)8/h2-4H,1H3,(H,10,11)(H,12,13);2-5H,1H3. The van der Waals surface area contributed by atoms with Gasteiger partial charge in [0.05, 0.1) is 11.1 Å². The molecule has 0 aliphatic carbocycles. The summed E-state index contributed by atoms with van der Waals surface area (Å²) < 4.78 is 12.3. The van der Waals surface area contributed by atoms with Crippen molar-refractivity contribution in [1.29, 1.82) is 0 Å². The van der Waals surface area contributed by atoms with Crippen molar-refractivity contribution < 1.29 is 24.2 Å². The molecule has 0 saturated carbocycles. The van der Waals surface area contributed by atoms with Crippen LogP contribution in [0.15, 0.2) is 42.5 Å². The van der Waals surface area contributed by atoms with Gasteiger partial charge in [-0.3, -0.25) is 0 Å². The van der Waals surface area contributed by atoms with Crippen LogP contribution in [-0.2, 0) is 0 Å². The third kappa shape index (κ3) is 4.72. The van der Waals surface area contributed by atoms with Crippen molar-refractivity contribution in [2.45, 2.75) is 13.8 Å². The Hall–Kier alpha value is -2.69. The highest BCUT2D eigenvalue weighted by atomic mass is 19.1. The van der Waals surface area contributed by atoms with E-state index >= 15 is 0 Å². The number of carboxylic acids is 2. The minimum Gasteiger partial charge on any atom is -0.478 e. The smallest absolute Gasteiger partial charge is 0.335 e. The Kier molecular flexibility index (Phi) is 5.60. The van der Waals surface area contributed by atoms with Crippen molar-refractivity contribution >= 4 is 11.9 Å². The Morgan fingerprint density at radius 3 is 1.95 bits per heavy atom. The van der Waals surface area contributed by atoms with Crippen LogP contribution in [0.4, 0.5) is 4.39 Å². The fourth-order valence-electron chi connectivity index (χ4n) is 1.54. The van der Waals surface area contributed by atoms with E-state index in [0.717, 1.165) is 6.07 Å². The minimum atomic E-state index is -1.12. The first kappa shape index (κ1) is 16.4. The van der Waals surface area contributed by atoms with Crippen LogP contribution in [0.1, 0.15) is 31.8 Å². The molecule has 2 aromatic carbocycles. The number of carbonyl (C=O) groups is 2. The number of benzene rings is 2. The van der Waals surface area contributed by atoms with Crippen LogP contribution in [0.2, 0.25) is 0 Å². The van der Waals surface area contributed by atoms with E-state index in [2.05, 4.69) is 0 Å². The summed E-state index contributed by atoms with van der Waals surface area (Å²) in [5, 5.41) is 17.3. The lowest BCUT2D eigenvalue weighted by Crippen LogP contribution is -2.03. The van der Waals surface area contributed by atoms with Crippen molar-refractivity contribution in [3.05, 3.63) is 70.5 Å². The summed E-state index contributed by atoms with van der Waals surface area (Å²) in [4.78, 5) is 21.1. The number of hydrogen-bond acceptors (Lipinski definition) is 2. The third-order valence-electron chi connectivity index (χ3n) is 2.79. The molecule has 0 atom stereocenters. The molecule has 0 aromatic heterocycles. The number of aryl methyl sites for hydroxylation is 2. The zero-order chi connectivity index (χ0) is 16.0. The number of rotatable bonds is 2. The van der Waals surface area contributed by atoms with Gasteiger partial charge in [-0.15, -0.1) is 0 Å². The molecule has 0 spiro atoms. The lowest BCUT2D eigenvalue weighted by Gasteiger charge is -2.01. The molecular formula is C16H15FO4. The van der Waals surface area contributed by atoms with Crippen molar-refractivity contribution in [1.82, 2.24) is 0 Å². The van der Waals surface area contributed by atoms with E-state index in [-0.39, 0.29) is 16.9 Å². The first-order chi connectivity index (χ1) is 9.82. The van der Waals surface area contributed by atoms with Gasteiger partial charge in [-0.2, -0.15) is 0 Å². The monoisotopic (exact) mass is 290 g/mol. The van der Waals surface area contributed by atoms with Gasteiger partial charge in [-0.25, -0.2) is 14.0 Å². The molecule has 0 saturated heterocycles. The summed E-state index contributed by atoms with van der Waals surface area (Å²) in [6.45, 7) is 3.37. The fourth-order valence-corrected chi connectivity index (χ4v) is 1.54. The lowest BCUT2D eigenvalue weighted by molar-refractivity contribution is 0.0695. The summed E-state index contributed by atoms with van der Waals surface area (Å²) in [5.74, 6) is -2.37. The second kappa shape index (κ2) is 7.19. The average Bonchev–Trinajstić information content (AvgIpc) is 2.43. The largest absolute Gasteiger partial charge is 0.478 e. The van der Waals surface area contributed by atoms with Crippen LogP contribution in [-0.4, -0.2) is 22.2 Å². The molecule has 0 amide bonds. The van der Waals surface area contributed by atoms with E-state index in [9.17, 15) is 14.0 Å². The zero-order valence-electron chi connectivity index (χ0n) is 11.6. The van der Waals surface area contributed by atoms with Crippen LogP contribution < -0.4 is 0 Å². The van der Waals surface area contributed by atoms with Crippen LogP contribution >= 0.6 is 0 Å². The maximum absolute atomic E-state index is 12.3. The van der Waals surface area contributed by atoms with Crippen molar-refractivity contribution in [2.75, 3.05) is 0 Å². The zero-order valence-corrected chi connectivity index (χ0v) is 11.6. The van der Waals surface area contributed by atoms with Crippen LogP contribution in [0, 0.1) is 19.7 Å². The van der Waals surface area contributed by atoms with Crippen molar-refractivity contribution in [3.8, 4) is 0 Å². The summed E-state index contributed by atoms with van der Waals surface area (Å²) in [7, 11) is 0. The van der Waals surface area contributed by atoms with E-state index in [0.29, 0.717) is 11.1 Å². The number of halogens is 1. The first-order valence-corrected chi connectivity index (χ1v) is 6.11. The molecule has 110 valence electrons. The number of carboxylic acid groups (broad SMARTS) is 2. The Morgan fingerprint density at radius 2 is 1.52 bits per heavy atom. The molecule has 0 aliphatic rings. The third-order valence-corrected chi connectivity index (χ3v) is 2.79. The molecule has 2 N–H and O–H groups in total. The van der Waals surface area contributed by atoms with Gasteiger partial charge in [0.25, 0.3) is 0 Å². The molecule has 4 nitrogen and oxygen atoms in total. The highest BCUT2D eigenvalue weighted by molar-refractivity contribution is 5.94. The Labute approximate surface area is 121 Å². The molecule has 0 radical (unpaired) electrons. The van der Waals surface area contributed by atoms with E-state index in [1.807, 2.05) is 6.07 Å².